The second kappa shape index (κ2) is 7.52. The topological polar surface area (TPSA) is 66.2 Å². The Morgan fingerprint density at radius 3 is 2.85 bits per heavy atom. The zero-order valence-corrected chi connectivity index (χ0v) is 14.6. The summed E-state index contributed by atoms with van der Waals surface area (Å²) in [5, 5.41) is 4.37. The summed E-state index contributed by atoms with van der Waals surface area (Å²) in [6.45, 7) is 6.91. The van der Waals surface area contributed by atoms with Crippen molar-refractivity contribution in [1.29, 1.82) is 0 Å². The van der Waals surface area contributed by atoms with Crippen molar-refractivity contribution in [2.24, 2.45) is 10.7 Å². The van der Waals surface area contributed by atoms with Gasteiger partial charge in [-0.15, -0.1) is 24.0 Å². The lowest BCUT2D eigenvalue weighted by molar-refractivity contribution is 0.723. The van der Waals surface area contributed by atoms with Gasteiger partial charge in [0, 0.05) is 29.7 Å². The number of hydrogen-bond acceptors (Lipinski definition) is 1. The highest BCUT2D eigenvalue weighted by Gasteiger charge is 2.04. The number of hydrogen-bond donors (Lipinski definition) is 3. The molecule has 1 heterocycles. The normalized spacial score (nSPS) is 11.7. The summed E-state index contributed by atoms with van der Waals surface area (Å²) < 4.78 is 0. The molecule has 0 fully saturated rings. The minimum absolute atomic E-state index is 0. The number of fused-ring (bicyclic) bond motifs is 1. The van der Waals surface area contributed by atoms with Crippen molar-refractivity contribution in [2.75, 3.05) is 6.54 Å². The van der Waals surface area contributed by atoms with Crippen molar-refractivity contribution in [3.63, 3.8) is 0 Å². The molecule has 4 nitrogen and oxygen atoms in total. The van der Waals surface area contributed by atoms with Crippen molar-refractivity contribution >= 4 is 40.8 Å². The fraction of sp³-hybridized carbons (Fsp3) is 0.400. The van der Waals surface area contributed by atoms with Crippen LogP contribution in [0.3, 0.4) is 0 Å². The van der Waals surface area contributed by atoms with Gasteiger partial charge < -0.3 is 16.0 Å². The highest BCUT2D eigenvalue weighted by Crippen LogP contribution is 2.21. The first-order chi connectivity index (χ1) is 9.08. The molecule has 0 radical (unpaired) electrons. The molecule has 5 heteroatoms. The molecule has 0 amide bonds. The second-order valence-electron chi connectivity index (χ2n) is 5.13. The van der Waals surface area contributed by atoms with Gasteiger partial charge in [0.25, 0.3) is 0 Å². The molecule has 0 bridgehead atoms. The monoisotopic (exact) mass is 386 g/mol. The van der Waals surface area contributed by atoms with E-state index < -0.39 is 0 Å². The number of nitrogens with zero attached hydrogens (tertiary/aromatic N) is 1. The van der Waals surface area contributed by atoms with E-state index in [1.165, 1.54) is 22.0 Å². The maximum absolute atomic E-state index is 5.78. The van der Waals surface area contributed by atoms with Gasteiger partial charge in [-0.3, -0.25) is 4.99 Å². The molecule has 2 rings (SSSR count). The predicted octanol–water partition coefficient (Wildman–Crippen LogP) is 2.95. The molecule has 0 atom stereocenters. The summed E-state index contributed by atoms with van der Waals surface area (Å²) in [6.07, 6.45) is 2.96. The van der Waals surface area contributed by atoms with Crippen molar-refractivity contribution in [2.45, 2.75) is 33.2 Å². The average molecular weight is 386 g/mol. The number of aryl methyl sites for hydroxylation is 1. The van der Waals surface area contributed by atoms with E-state index in [1.807, 2.05) is 13.8 Å². The molecule has 0 aliphatic carbocycles. The molecule has 0 saturated heterocycles. The largest absolute Gasteiger partial charge is 0.370 e. The van der Waals surface area contributed by atoms with Crippen LogP contribution in [-0.2, 0) is 6.42 Å². The van der Waals surface area contributed by atoms with Gasteiger partial charge in [-0.25, -0.2) is 0 Å². The Bertz CT molecular complexity index is 587. The maximum Gasteiger partial charge on any atom is 0.188 e. The molecule has 2 aromatic rings. The maximum atomic E-state index is 5.78. The lowest BCUT2D eigenvalue weighted by Crippen LogP contribution is -2.36. The SMILES string of the molecule is Cc1cccc2c(CCN=C(N)NC(C)C)c[nH]c12.I. The third-order valence-electron chi connectivity index (χ3n) is 3.11. The third-order valence-corrected chi connectivity index (χ3v) is 3.11. The van der Waals surface area contributed by atoms with Crippen LogP contribution < -0.4 is 11.1 Å². The third kappa shape index (κ3) is 4.13. The second-order valence-corrected chi connectivity index (χ2v) is 5.13. The van der Waals surface area contributed by atoms with E-state index >= 15 is 0 Å². The number of aliphatic imine (C=N–C) groups is 1. The summed E-state index contributed by atoms with van der Waals surface area (Å²) in [7, 11) is 0. The number of nitrogens with one attached hydrogen (secondary N) is 2. The zero-order chi connectivity index (χ0) is 13.8. The molecule has 20 heavy (non-hydrogen) atoms. The number of halogens is 1. The molecular weight excluding hydrogens is 363 g/mol. The van der Waals surface area contributed by atoms with Gasteiger partial charge in [0.1, 0.15) is 0 Å². The van der Waals surface area contributed by atoms with E-state index in [9.17, 15) is 0 Å². The Morgan fingerprint density at radius 2 is 2.15 bits per heavy atom. The number of nitrogens with two attached hydrogens (primary N) is 1. The Morgan fingerprint density at radius 1 is 1.40 bits per heavy atom. The molecular formula is C15H23IN4. The van der Waals surface area contributed by atoms with E-state index in [2.05, 4.69) is 46.6 Å². The molecule has 0 saturated carbocycles. The lowest BCUT2D eigenvalue weighted by atomic mass is 10.1. The van der Waals surface area contributed by atoms with Crippen LogP contribution in [-0.4, -0.2) is 23.5 Å². The Kier molecular flexibility index (Phi) is 6.32. The molecule has 0 aliphatic heterocycles. The molecule has 110 valence electrons. The summed E-state index contributed by atoms with van der Waals surface area (Å²) in [5.74, 6) is 0.519. The molecule has 1 aromatic carbocycles. The Labute approximate surface area is 137 Å². The van der Waals surface area contributed by atoms with Gasteiger partial charge in [0.2, 0.25) is 0 Å². The summed E-state index contributed by atoms with van der Waals surface area (Å²) in [5.41, 5.74) is 9.56. The van der Waals surface area contributed by atoms with Crippen molar-refractivity contribution in [3.8, 4) is 0 Å². The average Bonchev–Trinajstić information content (AvgIpc) is 2.73. The van der Waals surface area contributed by atoms with Crippen LogP contribution in [0, 0.1) is 6.92 Å². The highest BCUT2D eigenvalue weighted by atomic mass is 127. The van der Waals surface area contributed by atoms with Crippen LogP contribution in [0.25, 0.3) is 10.9 Å². The number of H-pyrrole nitrogens is 1. The quantitative estimate of drug-likeness (QED) is 0.430. The molecule has 0 aliphatic rings. The fourth-order valence-corrected chi connectivity index (χ4v) is 2.21. The summed E-state index contributed by atoms with van der Waals surface area (Å²) in [4.78, 5) is 7.67. The lowest BCUT2D eigenvalue weighted by Gasteiger charge is -2.08. The van der Waals surface area contributed by atoms with Crippen molar-refractivity contribution in [3.05, 3.63) is 35.5 Å². The van der Waals surface area contributed by atoms with Crippen LogP contribution in [0.5, 0.6) is 0 Å². The molecule has 4 N–H and O–H groups in total. The molecule has 0 spiro atoms. The van der Waals surface area contributed by atoms with Crippen LogP contribution in [0.15, 0.2) is 29.4 Å². The van der Waals surface area contributed by atoms with Gasteiger partial charge in [-0.1, -0.05) is 18.2 Å². The standard InChI is InChI=1S/C15H22N4.HI/c1-10(2)19-15(16)17-8-7-12-9-18-14-11(3)5-4-6-13(12)14;/h4-6,9-10,18H,7-8H2,1-3H3,(H3,16,17,19);1H. The van der Waals surface area contributed by atoms with E-state index in [4.69, 9.17) is 5.73 Å². The minimum atomic E-state index is 0. The van der Waals surface area contributed by atoms with Crippen LogP contribution >= 0.6 is 24.0 Å². The van der Waals surface area contributed by atoms with Crippen molar-refractivity contribution in [1.82, 2.24) is 10.3 Å². The van der Waals surface area contributed by atoms with Crippen LogP contribution in [0.1, 0.15) is 25.0 Å². The number of para-hydroxylation sites is 1. The molecule has 1 aromatic heterocycles. The number of rotatable bonds is 4. The van der Waals surface area contributed by atoms with Gasteiger partial charge in [-0.2, -0.15) is 0 Å². The van der Waals surface area contributed by atoms with E-state index in [0.717, 1.165) is 6.42 Å². The minimum Gasteiger partial charge on any atom is -0.370 e. The first-order valence-corrected chi connectivity index (χ1v) is 6.70. The van der Waals surface area contributed by atoms with Crippen LogP contribution in [0.2, 0.25) is 0 Å². The van der Waals surface area contributed by atoms with E-state index in [-0.39, 0.29) is 24.0 Å². The first-order valence-electron chi connectivity index (χ1n) is 6.70. The Hall–Kier alpha value is -1.24. The fourth-order valence-electron chi connectivity index (χ4n) is 2.21. The summed E-state index contributed by atoms with van der Waals surface area (Å²) >= 11 is 0. The van der Waals surface area contributed by atoms with Crippen molar-refractivity contribution < 1.29 is 0 Å². The zero-order valence-electron chi connectivity index (χ0n) is 12.2. The van der Waals surface area contributed by atoms with Gasteiger partial charge in [0.05, 0.1) is 0 Å². The number of benzene rings is 1. The van der Waals surface area contributed by atoms with Gasteiger partial charge in [0.15, 0.2) is 5.96 Å². The van der Waals surface area contributed by atoms with Gasteiger partial charge in [-0.05, 0) is 38.3 Å². The van der Waals surface area contributed by atoms with E-state index in [0.29, 0.717) is 18.5 Å². The number of aromatic nitrogens is 1. The highest BCUT2D eigenvalue weighted by molar-refractivity contribution is 14.0. The first kappa shape index (κ1) is 16.8. The Balaban J connectivity index is 0.00000200. The smallest absolute Gasteiger partial charge is 0.188 e. The summed E-state index contributed by atoms with van der Waals surface area (Å²) in [6, 6.07) is 6.67. The number of guanidine groups is 1. The molecule has 0 unspecified atom stereocenters. The van der Waals surface area contributed by atoms with E-state index in [1.54, 1.807) is 0 Å². The van der Waals surface area contributed by atoms with Gasteiger partial charge >= 0.3 is 0 Å². The predicted molar refractivity (Wildman–Crippen MR) is 96.9 cm³/mol. The number of aromatic amines is 1. The van der Waals surface area contributed by atoms with Crippen LogP contribution in [0.4, 0.5) is 0 Å².